The Labute approximate surface area is 144 Å². The average Bonchev–Trinajstić information content (AvgIpc) is 2.59. The van der Waals surface area contributed by atoms with Gasteiger partial charge < -0.3 is 4.79 Å². The summed E-state index contributed by atoms with van der Waals surface area (Å²) in [6.07, 6.45) is 0. The molecule has 0 aromatic heterocycles. The van der Waals surface area contributed by atoms with Crippen molar-refractivity contribution in [2.75, 3.05) is 0 Å². The van der Waals surface area contributed by atoms with E-state index in [2.05, 4.69) is 6.03 Å². The van der Waals surface area contributed by atoms with Gasteiger partial charge in [0.1, 0.15) is 0 Å². The van der Waals surface area contributed by atoms with Crippen molar-refractivity contribution in [2.24, 2.45) is 0 Å². The van der Waals surface area contributed by atoms with Gasteiger partial charge in [0.25, 0.3) is 0 Å². The van der Waals surface area contributed by atoms with E-state index in [-0.39, 0.29) is 19.5 Å². The summed E-state index contributed by atoms with van der Waals surface area (Å²) in [7, 11) is -2.34. The van der Waals surface area contributed by atoms with Gasteiger partial charge in [0.15, 0.2) is 0 Å². The van der Waals surface area contributed by atoms with Gasteiger partial charge in [-0.05, 0) is 36.4 Å². The Hall–Kier alpha value is -1.62. The summed E-state index contributed by atoms with van der Waals surface area (Å²) in [5, 5.41) is 3.12. The molecule has 0 aliphatic carbocycles. The molecule has 3 aromatic carbocycles. The first-order chi connectivity index (χ1) is 10.4. The minimum Gasteiger partial charge on any atom is -0.495 e. The third-order valence-corrected chi connectivity index (χ3v) is 7.06. The first-order valence-electron chi connectivity index (χ1n) is 6.83. The molecular formula is C19H15OPRu+. The zero-order valence-electron chi connectivity index (χ0n) is 11.9. The van der Waals surface area contributed by atoms with Crippen LogP contribution in [0.4, 0.5) is 0 Å². The van der Waals surface area contributed by atoms with E-state index in [9.17, 15) is 4.79 Å². The summed E-state index contributed by atoms with van der Waals surface area (Å²) >= 11 is 0. The maximum Gasteiger partial charge on any atom is 1.00 e. The van der Waals surface area contributed by atoms with Gasteiger partial charge in [-0.3, -0.25) is 0 Å². The minimum atomic E-state index is -2.34. The molecule has 0 unspecified atom stereocenters. The average molecular weight is 391 g/mol. The maximum absolute atomic E-state index is 12.2. The fourth-order valence-corrected chi connectivity index (χ4v) is 5.63. The van der Waals surface area contributed by atoms with Crippen molar-refractivity contribution in [2.45, 2.75) is 0 Å². The molecule has 22 heavy (non-hydrogen) atoms. The van der Waals surface area contributed by atoms with Crippen LogP contribution >= 0.6 is 7.26 Å². The Morgan fingerprint density at radius 3 is 1.05 bits per heavy atom. The molecule has 109 valence electrons. The van der Waals surface area contributed by atoms with E-state index in [1.54, 1.807) is 0 Å². The van der Waals surface area contributed by atoms with Crippen molar-refractivity contribution in [1.82, 2.24) is 0 Å². The topological polar surface area (TPSA) is 17.1 Å². The third kappa shape index (κ3) is 2.95. The Balaban J connectivity index is 0.00000176. The summed E-state index contributed by atoms with van der Waals surface area (Å²) in [6.45, 7) is 0. The molecular weight excluding hydrogens is 376 g/mol. The van der Waals surface area contributed by atoms with Crippen molar-refractivity contribution >= 4 is 29.2 Å². The second kappa shape index (κ2) is 7.59. The van der Waals surface area contributed by atoms with Crippen molar-refractivity contribution in [3.63, 3.8) is 0 Å². The fraction of sp³-hybridized carbons (Fsp3) is 0. The van der Waals surface area contributed by atoms with Crippen LogP contribution in [0.2, 0.25) is 0 Å². The second-order valence-electron chi connectivity index (χ2n) is 4.77. The molecule has 0 N–H and O–H groups in total. The Kier molecular flexibility index (Phi) is 5.78. The molecule has 0 atom stereocenters. The molecule has 3 heteroatoms. The number of benzene rings is 3. The van der Waals surface area contributed by atoms with Gasteiger partial charge in [0, 0.05) is 7.26 Å². The summed E-state index contributed by atoms with van der Waals surface area (Å²) in [4.78, 5) is 12.2. The largest absolute Gasteiger partial charge is 1.00 e. The molecule has 1 radical (unpaired) electrons. The molecule has 0 amide bonds. The van der Waals surface area contributed by atoms with E-state index in [1.807, 2.05) is 91.0 Å². The Bertz CT molecular complexity index is 618. The van der Waals surface area contributed by atoms with E-state index < -0.39 is 7.26 Å². The predicted molar refractivity (Wildman–Crippen MR) is 90.8 cm³/mol. The minimum absolute atomic E-state index is 0. The molecule has 0 saturated heterocycles. The maximum atomic E-state index is 12.2. The SMILES string of the molecule is O=[C-][P+](c1ccccc1)(c1ccccc1)c1ccccc1.[Ru+]. The normalized spacial score (nSPS) is 10.5. The smallest absolute Gasteiger partial charge is 0.495 e. The van der Waals surface area contributed by atoms with Gasteiger partial charge in [-0.25, -0.2) is 0 Å². The molecule has 1 nitrogen and oxygen atoms in total. The van der Waals surface area contributed by atoms with Crippen LogP contribution in [0.3, 0.4) is 0 Å². The summed E-state index contributed by atoms with van der Waals surface area (Å²) in [5.74, 6) is 0. The van der Waals surface area contributed by atoms with Gasteiger partial charge in [0.2, 0.25) is 0 Å². The van der Waals surface area contributed by atoms with Gasteiger partial charge in [-0.15, -0.1) is 0 Å². The van der Waals surface area contributed by atoms with E-state index in [0.717, 1.165) is 15.9 Å². The molecule has 0 bridgehead atoms. The summed E-state index contributed by atoms with van der Waals surface area (Å²) in [6, 6.07) is 32.4. The van der Waals surface area contributed by atoms with Crippen LogP contribution in [-0.2, 0) is 24.3 Å². The first-order valence-corrected chi connectivity index (χ1v) is 8.62. The van der Waals surface area contributed by atoms with Gasteiger partial charge in [0.05, 0.1) is 15.9 Å². The van der Waals surface area contributed by atoms with Crippen molar-refractivity contribution in [3.05, 3.63) is 91.0 Å². The quantitative estimate of drug-likeness (QED) is 0.380. The molecule has 0 aliphatic rings. The zero-order chi connectivity index (χ0) is 14.5. The number of rotatable bonds is 4. The van der Waals surface area contributed by atoms with Crippen molar-refractivity contribution in [3.8, 4) is 0 Å². The van der Waals surface area contributed by atoms with E-state index in [0.29, 0.717) is 0 Å². The Morgan fingerprint density at radius 2 is 0.818 bits per heavy atom. The van der Waals surface area contributed by atoms with Crippen LogP contribution < -0.4 is 15.9 Å². The van der Waals surface area contributed by atoms with Crippen LogP contribution in [0.5, 0.6) is 0 Å². The van der Waals surface area contributed by atoms with Crippen molar-refractivity contribution < 1.29 is 24.3 Å². The van der Waals surface area contributed by atoms with Gasteiger partial charge >= 0.3 is 19.5 Å². The fourth-order valence-electron chi connectivity index (χ4n) is 2.56. The Morgan fingerprint density at radius 1 is 0.545 bits per heavy atom. The monoisotopic (exact) mass is 392 g/mol. The van der Waals surface area contributed by atoms with E-state index >= 15 is 0 Å². The van der Waals surface area contributed by atoms with Gasteiger partial charge in [-0.2, -0.15) is 0 Å². The number of carbonyl (C=O) groups excluding carboxylic acids is 1. The van der Waals surface area contributed by atoms with E-state index in [1.165, 1.54) is 0 Å². The molecule has 0 spiro atoms. The van der Waals surface area contributed by atoms with Crippen LogP contribution in [0.1, 0.15) is 0 Å². The molecule has 3 rings (SSSR count). The van der Waals surface area contributed by atoms with Crippen LogP contribution in [0.15, 0.2) is 91.0 Å². The molecule has 0 fully saturated rings. The van der Waals surface area contributed by atoms with Crippen LogP contribution in [0.25, 0.3) is 0 Å². The van der Waals surface area contributed by atoms with Crippen LogP contribution in [-0.4, -0.2) is 6.03 Å². The molecule has 0 aliphatic heterocycles. The third-order valence-electron chi connectivity index (χ3n) is 3.57. The summed E-state index contributed by atoms with van der Waals surface area (Å²) in [5.41, 5.74) is 0. The number of hydrogen-bond donors (Lipinski definition) is 0. The molecule has 0 saturated carbocycles. The number of hydrogen-bond acceptors (Lipinski definition) is 1. The summed E-state index contributed by atoms with van der Waals surface area (Å²) < 4.78 is 0. The predicted octanol–water partition coefficient (Wildman–Crippen LogP) is 3.05. The van der Waals surface area contributed by atoms with Crippen LogP contribution in [0, 0.1) is 0 Å². The molecule has 0 heterocycles. The standard InChI is InChI=1S/C19H15OP.Ru/c20-16-21(17-10-4-1-5-11-17,18-12-6-2-7-13-18)19-14-8-3-9-15-19;/h1-15H;/q;+1. The van der Waals surface area contributed by atoms with Crippen molar-refractivity contribution in [1.29, 1.82) is 0 Å². The first kappa shape index (κ1) is 16.7. The van der Waals surface area contributed by atoms with Gasteiger partial charge in [-0.1, -0.05) is 60.6 Å². The molecule has 3 aromatic rings. The zero-order valence-corrected chi connectivity index (χ0v) is 14.5. The van der Waals surface area contributed by atoms with E-state index in [4.69, 9.17) is 0 Å². The second-order valence-corrected chi connectivity index (χ2v) is 7.84.